The molecule has 2 aliphatic rings. The van der Waals surface area contributed by atoms with Crippen LogP contribution in [0.5, 0.6) is 0 Å². The molecule has 4 rings (SSSR count). The summed E-state index contributed by atoms with van der Waals surface area (Å²) in [5.41, 5.74) is 1.34. The lowest BCUT2D eigenvalue weighted by Crippen LogP contribution is -2.22. The number of halogens is 1. The van der Waals surface area contributed by atoms with Crippen LogP contribution in [0.4, 0.5) is 10.5 Å². The number of nitrogens with one attached hydrogen (secondary N) is 2. The molecule has 8 heteroatoms. The molecule has 2 fully saturated rings. The third-order valence-corrected chi connectivity index (χ3v) is 4.54. The van der Waals surface area contributed by atoms with Crippen molar-refractivity contribution in [2.45, 2.75) is 25.0 Å². The topological polar surface area (TPSA) is 93.3 Å². The largest absolute Gasteiger partial charge is 0.509 e. The summed E-state index contributed by atoms with van der Waals surface area (Å²) in [5.74, 6) is -0.419. The summed E-state index contributed by atoms with van der Waals surface area (Å²) in [6.45, 7) is 0. The lowest BCUT2D eigenvalue weighted by Gasteiger charge is -2.13. The van der Waals surface area contributed by atoms with Crippen molar-refractivity contribution >= 4 is 40.3 Å². The molecule has 1 saturated carbocycles. The molecular weight excluding hydrogens is 310 g/mol. The SMILES string of the molecule is O=C1O[C@H]2CC(C(=O)Nc3ccc4[nH]ncc4c3Cl)C[C@H]2O1. The number of hydrogen-bond acceptors (Lipinski definition) is 5. The van der Waals surface area contributed by atoms with Gasteiger partial charge in [-0.25, -0.2) is 4.79 Å². The van der Waals surface area contributed by atoms with Gasteiger partial charge in [0.2, 0.25) is 5.91 Å². The highest BCUT2D eigenvalue weighted by Crippen LogP contribution is 2.36. The molecule has 2 aromatic rings. The van der Waals surface area contributed by atoms with Gasteiger partial charge in [0, 0.05) is 11.3 Å². The standard InChI is InChI=1S/C14H12ClN3O4/c15-12-7-5-16-18-8(7)1-2-9(12)17-13(19)6-3-10-11(4-6)22-14(20)21-10/h1-2,5-6,10-11H,3-4H2,(H,16,18)(H,17,19)/t6?,10-,11+. The van der Waals surface area contributed by atoms with Crippen molar-refractivity contribution in [2.24, 2.45) is 5.92 Å². The van der Waals surface area contributed by atoms with Gasteiger partial charge in [0.05, 0.1) is 22.4 Å². The molecule has 0 radical (unpaired) electrons. The Kier molecular flexibility index (Phi) is 2.97. The summed E-state index contributed by atoms with van der Waals surface area (Å²) in [6.07, 6.45) is 1.25. The molecule has 1 aliphatic carbocycles. The average Bonchev–Trinajstić information content (AvgIpc) is 3.15. The number of anilines is 1. The first-order valence-corrected chi connectivity index (χ1v) is 7.29. The van der Waals surface area contributed by atoms with Gasteiger partial charge in [-0.15, -0.1) is 0 Å². The van der Waals surface area contributed by atoms with E-state index in [4.69, 9.17) is 21.1 Å². The Labute approximate surface area is 129 Å². The number of nitrogens with zero attached hydrogens (tertiary/aromatic N) is 1. The van der Waals surface area contributed by atoms with E-state index in [0.29, 0.717) is 23.6 Å². The van der Waals surface area contributed by atoms with E-state index >= 15 is 0 Å². The summed E-state index contributed by atoms with van der Waals surface area (Å²) in [7, 11) is 0. The first kappa shape index (κ1) is 13.4. The van der Waals surface area contributed by atoms with E-state index in [9.17, 15) is 9.59 Å². The Balaban J connectivity index is 1.50. The molecule has 114 valence electrons. The Morgan fingerprint density at radius 3 is 2.77 bits per heavy atom. The molecule has 0 bridgehead atoms. The number of aromatic nitrogens is 2. The van der Waals surface area contributed by atoms with Crippen molar-refractivity contribution in [1.82, 2.24) is 10.2 Å². The van der Waals surface area contributed by atoms with Crippen LogP contribution in [0.2, 0.25) is 5.02 Å². The van der Waals surface area contributed by atoms with Gasteiger partial charge in [-0.3, -0.25) is 9.89 Å². The highest BCUT2D eigenvalue weighted by Gasteiger charge is 2.47. The third-order valence-electron chi connectivity index (χ3n) is 4.13. The highest BCUT2D eigenvalue weighted by molar-refractivity contribution is 6.38. The monoisotopic (exact) mass is 321 g/mol. The van der Waals surface area contributed by atoms with Crippen molar-refractivity contribution in [3.05, 3.63) is 23.4 Å². The van der Waals surface area contributed by atoms with E-state index in [2.05, 4.69) is 15.5 Å². The molecule has 3 atom stereocenters. The molecule has 0 spiro atoms. The van der Waals surface area contributed by atoms with Crippen LogP contribution in [0.15, 0.2) is 18.3 Å². The molecule has 1 saturated heterocycles. The van der Waals surface area contributed by atoms with Crippen LogP contribution in [0.1, 0.15) is 12.8 Å². The van der Waals surface area contributed by atoms with Gasteiger partial charge >= 0.3 is 6.16 Å². The third kappa shape index (κ3) is 2.09. The van der Waals surface area contributed by atoms with Crippen LogP contribution < -0.4 is 5.32 Å². The lowest BCUT2D eigenvalue weighted by molar-refractivity contribution is -0.120. The lowest BCUT2D eigenvalue weighted by atomic mass is 10.1. The summed E-state index contributed by atoms with van der Waals surface area (Å²) >= 11 is 6.28. The van der Waals surface area contributed by atoms with Crippen molar-refractivity contribution in [1.29, 1.82) is 0 Å². The molecule has 1 aromatic carbocycles. The zero-order valence-corrected chi connectivity index (χ0v) is 12.1. The van der Waals surface area contributed by atoms with Crippen molar-refractivity contribution in [2.75, 3.05) is 5.32 Å². The van der Waals surface area contributed by atoms with Crippen LogP contribution in [0.25, 0.3) is 10.9 Å². The summed E-state index contributed by atoms with van der Waals surface area (Å²) in [4.78, 5) is 23.4. The Hall–Kier alpha value is -2.28. The maximum absolute atomic E-state index is 12.4. The van der Waals surface area contributed by atoms with Crippen molar-refractivity contribution in [3.8, 4) is 0 Å². The van der Waals surface area contributed by atoms with Crippen LogP contribution in [0.3, 0.4) is 0 Å². The number of ether oxygens (including phenoxy) is 2. The van der Waals surface area contributed by atoms with Gasteiger partial charge in [0.15, 0.2) is 0 Å². The highest BCUT2D eigenvalue weighted by atomic mass is 35.5. The number of amides is 1. The first-order chi connectivity index (χ1) is 10.6. The fourth-order valence-electron chi connectivity index (χ4n) is 3.01. The predicted octanol–water partition coefficient (Wildman–Crippen LogP) is 2.47. The average molecular weight is 322 g/mol. The minimum absolute atomic E-state index is 0.154. The molecular formula is C14H12ClN3O4. The Morgan fingerprint density at radius 1 is 1.32 bits per heavy atom. The van der Waals surface area contributed by atoms with Gasteiger partial charge in [0.25, 0.3) is 0 Å². The fraction of sp³-hybridized carbons (Fsp3) is 0.357. The second kappa shape index (κ2) is 4.88. The number of H-pyrrole nitrogens is 1. The molecule has 1 aromatic heterocycles. The second-order valence-electron chi connectivity index (χ2n) is 5.48. The maximum atomic E-state index is 12.4. The predicted molar refractivity (Wildman–Crippen MR) is 77.6 cm³/mol. The van der Waals surface area contributed by atoms with Crippen LogP contribution in [-0.4, -0.2) is 34.5 Å². The number of carbonyl (C=O) groups excluding carboxylic acids is 2. The molecule has 22 heavy (non-hydrogen) atoms. The fourth-order valence-corrected chi connectivity index (χ4v) is 3.27. The molecule has 7 nitrogen and oxygen atoms in total. The van der Waals surface area contributed by atoms with E-state index in [0.717, 1.165) is 10.9 Å². The van der Waals surface area contributed by atoms with Gasteiger partial charge < -0.3 is 14.8 Å². The number of aromatic amines is 1. The van der Waals surface area contributed by atoms with E-state index < -0.39 is 6.16 Å². The molecule has 1 amide bonds. The quantitative estimate of drug-likeness (QED) is 0.829. The van der Waals surface area contributed by atoms with Gasteiger partial charge in [-0.2, -0.15) is 5.10 Å². The maximum Gasteiger partial charge on any atom is 0.509 e. The summed E-state index contributed by atoms with van der Waals surface area (Å²) in [6, 6.07) is 3.53. The molecule has 1 aliphatic heterocycles. The van der Waals surface area contributed by atoms with Gasteiger partial charge in [-0.05, 0) is 25.0 Å². The number of carbonyl (C=O) groups is 2. The Bertz CT molecular complexity index is 759. The minimum atomic E-state index is -0.651. The van der Waals surface area contributed by atoms with E-state index in [-0.39, 0.29) is 24.0 Å². The molecule has 2 N–H and O–H groups in total. The van der Waals surface area contributed by atoms with E-state index in [1.54, 1.807) is 18.3 Å². The zero-order chi connectivity index (χ0) is 15.3. The minimum Gasteiger partial charge on any atom is -0.427 e. The Morgan fingerprint density at radius 2 is 2.05 bits per heavy atom. The zero-order valence-electron chi connectivity index (χ0n) is 11.3. The van der Waals surface area contributed by atoms with Crippen LogP contribution in [-0.2, 0) is 14.3 Å². The van der Waals surface area contributed by atoms with Crippen LogP contribution in [0, 0.1) is 5.92 Å². The first-order valence-electron chi connectivity index (χ1n) is 6.91. The number of hydrogen-bond donors (Lipinski definition) is 2. The second-order valence-corrected chi connectivity index (χ2v) is 5.86. The number of rotatable bonds is 2. The van der Waals surface area contributed by atoms with Crippen LogP contribution >= 0.6 is 11.6 Å². The molecule has 1 unspecified atom stereocenters. The van der Waals surface area contributed by atoms with Gasteiger partial charge in [-0.1, -0.05) is 11.6 Å². The van der Waals surface area contributed by atoms with Crippen molar-refractivity contribution < 1.29 is 19.1 Å². The smallest absolute Gasteiger partial charge is 0.427 e. The van der Waals surface area contributed by atoms with Gasteiger partial charge in [0.1, 0.15) is 12.2 Å². The van der Waals surface area contributed by atoms with Crippen molar-refractivity contribution in [3.63, 3.8) is 0 Å². The number of benzene rings is 1. The normalized spacial score (nSPS) is 26.6. The molecule has 2 heterocycles. The number of fused-ring (bicyclic) bond motifs is 2. The summed E-state index contributed by atoms with van der Waals surface area (Å²) < 4.78 is 10.0. The van der Waals surface area contributed by atoms with E-state index in [1.165, 1.54) is 0 Å². The summed E-state index contributed by atoms with van der Waals surface area (Å²) in [5, 5.41) is 10.8. The van der Waals surface area contributed by atoms with E-state index in [1.807, 2.05) is 0 Å².